The van der Waals surface area contributed by atoms with Gasteiger partial charge in [0.15, 0.2) is 0 Å². The molecule has 0 aromatic heterocycles. The van der Waals surface area contributed by atoms with Gasteiger partial charge in [-0.2, -0.15) is 0 Å². The van der Waals surface area contributed by atoms with Crippen molar-refractivity contribution in [1.29, 1.82) is 0 Å². The van der Waals surface area contributed by atoms with Gasteiger partial charge in [-0.3, -0.25) is 4.79 Å². The molecule has 1 unspecified atom stereocenters. The fraction of sp³-hybridized carbons (Fsp3) is 0.467. The van der Waals surface area contributed by atoms with Crippen molar-refractivity contribution < 1.29 is 19.4 Å². The number of hydrogen-bond acceptors (Lipinski definition) is 4. The predicted octanol–water partition coefficient (Wildman–Crippen LogP) is 1.22. The van der Waals surface area contributed by atoms with Gasteiger partial charge in [0.05, 0.1) is 11.6 Å². The summed E-state index contributed by atoms with van der Waals surface area (Å²) in [6, 6.07) is 6.04. The molecule has 1 atom stereocenters. The Hall–Kier alpha value is -2.08. The number of hydrogen-bond donors (Lipinski definition) is 2. The van der Waals surface area contributed by atoms with Gasteiger partial charge in [0.2, 0.25) is 5.91 Å². The van der Waals surface area contributed by atoms with Crippen LogP contribution in [-0.2, 0) is 4.79 Å². The first-order valence-corrected chi connectivity index (χ1v) is 6.90. The summed E-state index contributed by atoms with van der Waals surface area (Å²) in [5, 5.41) is 12.0. The van der Waals surface area contributed by atoms with Crippen molar-refractivity contribution in [2.75, 3.05) is 26.7 Å². The Morgan fingerprint density at radius 1 is 1.43 bits per heavy atom. The van der Waals surface area contributed by atoms with Gasteiger partial charge in [0.1, 0.15) is 12.4 Å². The van der Waals surface area contributed by atoms with Crippen LogP contribution in [0.15, 0.2) is 24.3 Å². The van der Waals surface area contributed by atoms with Gasteiger partial charge in [-0.1, -0.05) is 6.07 Å². The molecule has 116 valence electrons. The Kier molecular flexibility index (Phi) is 6.68. The molecule has 0 saturated carbocycles. The number of benzene rings is 1. The fourth-order valence-electron chi connectivity index (χ4n) is 1.74. The van der Waals surface area contributed by atoms with Crippen molar-refractivity contribution in [1.82, 2.24) is 10.2 Å². The molecule has 1 aromatic carbocycles. The van der Waals surface area contributed by atoms with Crippen LogP contribution in [0.2, 0.25) is 0 Å². The lowest BCUT2D eigenvalue weighted by Gasteiger charge is -2.20. The highest BCUT2D eigenvalue weighted by molar-refractivity contribution is 5.88. The first-order chi connectivity index (χ1) is 9.95. The van der Waals surface area contributed by atoms with Crippen molar-refractivity contribution in [3.63, 3.8) is 0 Å². The smallest absolute Gasteiger partial charge is 0.335 e. The van der Waals surface area contributed by atoms with E-state index >= 15 is 0 Å². The van der Waals surface area contributed by atoms with Crippen LogP contribution in [0, 0.1) is 0 Å². The van der Waals surface area contributed by atoms with E-state index in [2.05, 4.69) is 5.32 Å². The number of likely N-dealkylation sites (N-methyl/N-ethyl adjacent to an activating group) is 1. The van der Waals surface area contributed by atoms with Crippen LogP contribution in [0.25, 0.3) is 0 Å². The van der Waals surface area contributed by atoms with E-state index < -0.39 is 5.97 Å². The molecule has 1 aromatic rings. The van der Waals surface area contributed by atoms with Crippen molar-refractivity contribution >= 4 is 11.9 Å². The number of carboxylic acids is 1. The molecule has 1 amide bonds. The summed E-state index contributed by atoms with van der Waals surface area (Å²) in [7, 11) is 1.76. The molecular weight excluding hydrogens is 272 g/mol. The molecule has 6 nitrogen and oxygen atoms in total. The minimum atomic E-state index is -0.986. The lowest BCUT2D eigenvalue weighted by molar-refractivity contribution is -0.131. The van der Waals surface area contributed by atoms with Crippen molar-refractivity contribution in [3.05, 3.63) is 29.8 Å². The van der Waals surface area contributed by atoms with Crippen LogP contribution in [0.4, 0.5) is 0 Å². The van der Waals surface area contributed by atoms with E-state index in [1.807, 2.05) is 6.92 Å². The van der Waals surface area contributed by atoms with E-state index in [0.717, 1.165) is 0 Å². The van der Waals surface area contributed by atoms with Gasteiger partial charge in [0, 0.05) is 20.1 Å². The van der Waals surface area contributed by atoms with E-state index in [4.69, 9.17) is 9.84 Å². The molecule has 0 bridgehead atoms. The van der Waals surface area contributed by atoms with Gasteiger partial charge < -0.3 is 20.1 Å². The Balaban J connectivity index is 2.36. The Morgan fingerprint density at radius 3 is 2.76 bits per heavy atom. The molecule has 6 heteroatoms. The first-order valence-electron chi connectivity index (χ1n) is 6.90. The maximum Gasteiger partial charge on any atom is 0.335 e. The third-order valence-corrected chi connectivity index (χ3v) is 3.12. The average Bonchev–Trinajstić information content (AvgIpc) is 2.50. The van der Waals surface area contributed by atoms with Crippen LogP contribution in [0.5, 0.6) is 5.75 Å². The highest BCUT2D eigenvalue weighted by Crippen LogP contribution is 2.12. The predicted molar refractivity (Wildman–Crippen MR) is 79.7 cm³/mol. The van der Waals surface area contributed by atoms with E-state index in [1.54, 1.807) is 31.0 Å². The zero-order valence-electron chi connectivity index (χ0n) is 12.6. The number of carboxylic acid groups (broad SMARTS) is 1. The molecule has 21 heavy (non-hydrogen) atoms. The maximum absolute atomic E-state index is 11.8. The van der Waals surface area contributed by atoms with E-state index in [0.29, 0.717) is 25.4 Å². The summed E-state index contributed by atoms with van der Waals surface area (Å²) in [5.74, 6) is -0.452. The second-order valence-electron chi connectivity index (χ2n) is 4.71. The van der Waals surface area contributed by atoms with Gasteiger partial charge in [-0.05, 0) is 32.0 Å². The van der Waals surface area contributed by atoms with E-state index in [-0.39, 0.29) is 17.5 Å². The molecule has 0 heterocycles. The van der Waals surface area contributed by atoms with Crippen molar-refractivity contribution in [2.45, 2.75) is 19.9 Å². The summed E-state index contributed by atoms with van der Waals surface area (Å²) < 4.78 is 5.46. The number of rotatable bonds is 8. The number of ether oxygens (including phenoxy) is 1. The van der Waals surface area contributed by atoms with Gasteiger partial charge in [-0.15, -0.1) is 0 Å². The Bertz CT molecular complexity index is 490. The summed E-state index contributed by atoms with van der Waals surface area (Å²) in [5.41, 5.74) is 0.188. The molecule has 0 saturated heterocycles. The number of carbonyl (C=O) groups is 2. The SMILES string of the molecule is CCN(C)C(=O)C(C)NCCOc1cccc(C(=O)O)c1. The summed E-state index contributed by atoms with van der Waals surface area (Å²) in [4.78, 5) is 24.3. The summed E-state index contributed by atoms with van der Waals surface area (Å²) >= 11 is 0. The fourth-order valence-corrected chi connectivity index (χ4v) is 1.74. The second kappa shape index (κ2) is 8.26. The molecule has 0 radical (unpaired) electrons. The molecule has 0 aliphatic rings. The number of carbonyl (C=O) groups excluding carboxylic acids is 1. The minimum absolute atomic E-state index is 0.0328. The number of aromatic carboxylic acids is 1. The van der Waals surface area contributed by atoms with E-state index in [9.17, 15) is 9.59 Å². The number of amides is 1. The topological polar surface area (TPSA) is 78.9 Å². The quantitative estimate of drug-likeness (QED) is 0.705. The second-order valence-corrected chi connectivity index (χ2v) is 4.71. The summed E-state index contributed by atoms with van der Waals surface area (Å²) in [6.45, 7) is 5.25. The number of nitrogens with one attached hydrogen (secondary N) is 1. The molecule has 0 aliphatic heterocycles. The van der Waals surface area contributed by atoms with Crippen LogP contribution >= 0.6 is 0 Å². The van der Waals surface area contributed by atoms with Crippen LogP contribution in [0.3, 0.4) is 0 Å². The monoisotopic (exact) mass is 294 g/mol. The average molecular weight is 294 g/mol. The normalized spacial score (nSPS) is 11.8. The van der Waals surface area contributed by atoms with E-state index in [1.165, 1.54) is 12.1 Å². The third-order valence-electron chi connectivity index (χ3n) is 3.12. The maximum atomic E-state index is 11.8. The van der Waals surface area contributed by atoms with Gasteiger partial charge in [0.25, 0.3) is 0 Å². The molecule has 2 N–H and O–H groups in total. The third kappa shape index (κ3) is 5.43. The minimum Gasteiger partial charge on any atom is -0.492 e. The highest BCUT2D eigenvalue weighted by atomic mass is 16.5. The standard InChI is InChI=1S/C15H22N2O4/c1-4-17(3)14(18)11(2)16-8-9-21-13-7-5-6-12(10-13)15(19)20/h5-7,10-11,16H,4,8-9H2,1-3H3,(H,19,20). The van der Waals surface area contributed by atoms with Crippen molar-refractivity contribution in [2.24, 2.45) is 0 Å². The zero-order chi connectivity index (χ0) is 15.8. The van der Waals surface area contributed by atoms with Crippen LogP contribution in [0.1, 0.15) is 24.2 Å². The molecule has 1 rings (SSSR count). The highest BCUT2D eigenvalue weighted by Gasteiger charge is 2.15. The molecule has 0 spiro atoms. The lowest BCUT2D eigenvalue weighted by atomic mass is 10.2. The molecular formula is C15H22N2O4. The van der Waals surface area contributed by atoms with Crippen LogP contribution in [-0.4, -0.2) is 54.7 Å². The van der Waals surface area contributed by atoms with Gasteiger partial charge >= 0.3 is 5.97 Å². The summed E-state index contributed by atoms with van der Waals surface area (Å²) in [6.07, 6.45) is 0. The lowest BCUT2D eigenvalue weighted by Crippen LogP contribution is -2.44. The zero-order valence-corrected chi connectivity index (χ0v) is 12.6. The van der Waals surface area contributed by atoms with Crippen LogP contribution < -0.4 is 10.1 Å². The molecule has 0 aliphatic carbocycles. The largest absolute Gasteiger partial charge is 0.492 e. The molecule has 0 fully saturated rings. The first kappa shape index (κ1) is 17.0. The van der Waals surface area contributed by atoms with Crippen molar-refractivity contribution in [3.8, 4) is 5.75 Å². The Labute approximate surface area is 124 Å². The van der Waals surface area contributed by atoms with Gasteiger partial charge in [-0.25, -0.2) is 4.79 Å². The number of nitrogens with zero attached hydrogens (tertiary/aromatic N) is 1. The Morgan fingerprint density at radius 2 is 2.14 bits per heavy atom.